The van der Waals surface area contributed by atoms with Crippen molar-refractivity contribution in [3.63, 3.8) is 0 Å². The molecular formula is C27H32N4O2. The number of ether oxygens (including phenoxy) is 2. The average molecular weight is 445 g/mol. The molecule has 172 valence electrons. The quantitative estimate of drug-likeness (QED) is 0.605. The van der Waals surface area contributed by atoms with Crippen LogP contribution in [0.15, 0.2) is 48.5 Å². The molecule has 1 saturated heterocycles. The summed E-state index contributed by atoms with van der Waals surface area (Å²) >= 11 is 0. The van der Waals surface area contributed by atoms with E-state index in [4.69, 9.17) is 14.6 Å². The van der Waals surface area contributed by atoms with Crippen LogP contribution in [-0.4, -0.2) is 41.0 Å². The molecule has 0 aliphatic carbocycles. The molecule has 0 radical (unpaired) electrons. The summed E-state index contributed by atoms with van der Waals surface area (Å²) in [6, 6.07) is 17.4. The van der Waals surface area contributed by atoms with Crippen molar-refractivity contribution in [1.82, 2.24) is 14.7 Å². The Labute approximate surface area is 195 Å². The summed E-state index contributed by atoms with van der Waals surface area (Å²) in [4.78, 5) is 2.64. The van der Waals surface area contributed by atoms with Gasteiger partial charge in [0.25, 0.3) is 0 Å². The third-order valence-corrected chi connectivity index (χ3v) is 7.09. The van der Waals surface area contributed by atoms with Gasteiger partial charge in [-0.3, -0.25) is 4.90 Å². The van der Waals surface area contributed by atoms with Gasteiger partial charge in [-0.1, -0.05) is 36.8 Å². The summed E-state index contributed by atoms with van der Waals surface area (Å²) in [7, 11) is 0. The van der Waals surface area contributed by atoms with Gasteiger partial charge in [-0.25, -0.2) is 4.68 Å². The van der Waals surface area contributed by atoms with Gasteiger partial charge in [-0.15, -0.1) is 0 Å². The van der Waals surface area contributed by atoms with Crippen molar-refractivity contribution < 1.29 is 9.47 Å². The molecule has 1 aromatic heterocycles. The van der Waals surface area contributed by atoms with E-state index in [1.165, 1.54) is 42.5 Å². The first-order valence-corrected chi connectivity index (χ1v) is 12.4. The minimum Gasteiger partial charge on any atom is -0.486 e. The lowest BCUT2D eigenvalue weighted by Crippen LogP contribution is -2.33. The van der Waals surface area contributed by atoms with Crippen LogP contribution in [0.25, 0.3) is 5.69 Å². The van der Waals surface area contributed by atoms with Gasteiger partial charge in [0, 0.05) is 24.7 Å². The van der Waals surface area contributed by atoms with E-state index in [0.29, 0.717) is 19.3 Å². The highest BCUT2D eigenvalue weighted by atomic mass is 16.6. The zero-order valence-corrected chi connectivity index (χ0v) is 19.1. The number of nitrogens with one attached hydrogen (secondary N) is 1. The van der Waals surface area contributed by atoms with Crippen LogP contribution in [0.2, 0.25) is 0 Å². The van der Waals surface area contributed by atoms with E-state index in [1.807, 2.05) is 6.07 Å². The number of anilines is 1. The van der Waals surface area contributed by atoms with Crippen molar-refractivity contribution in [2.75, 3.05) is 31.6 Å². The number of piperidine rings is 1. The second-order valence-electron chi connectivity index (χ2n) is 9.30. The van der Waals surface area contributed by atoms with E-state index in [-0.39, 0.29) is 0 Å². The predicted molar refractivity (Wildman–Crippen MR) is 129 cm³/mol. The fourth-order valence-corrected chi connectivity index (χ4v) is 5.46. The molecule has 1 fully saturated rings. The van der Waals surface area contributed by atoms with E-state index in [9.17, 15) is 0 Å². The van der Waals surface area contributed by atoms with E-state index in [2.05, 4.69) is 57.4 Å². The molecule has 33 heavy (non-hydrogen) atoms. The molecule has 3 aliphatic rings. The molecule has 0 bridgehead atoms. The molecule has 2 aromatic carbocycles. The SMILES string of the molecule is c1ccc(CN2CCCCC2c2nn(-c3ccc4c(c3)OCCO4)c3c2CCCCN3)cc1. The maximum Gasteiger partial charge on any atom is 0.163 e. The van der Waals surface area contributed by atoms with E-state index in [0.717, 1.165) is 55.5 Å². The molecule has 6 rings (SSSR count). The van der Waals surface area contributed by atoms with Gasteiger partial charge in [0.15, 0.2) is 11.5 Å². The molecule has 0 amide bonds. The van der Waals surface area contributed by atoms with Crippen molar-refractivity contribution in [2.45, 2.75) is 51.1 Å². The van der Waals surface area contributed by atoms with Gasteiger partial charge < -0.3 is 14.8 Å². The van der Waals surface area contributed by atoms with Crippen LogP contribution in [-0.2, 0) is 13.0 Å². The maximum atomic E-state index is 5.87. The highest BCUT2D eigenvalue weighted by molar-refractivity contribution is 5.58. The van der Waals surface area contributed by atoms with E-state index in [1.54, 1.807) is 0 Å². The van der Waals surface area contributed by atoms with Crippen LogP contribution in [0.5, 0.6) is 11.5 Å². The van der Waals surface area contributed by atoms with Gasteiger partial charge in [0.05, 0.1) is 17.4 Å². The number of fused-ring (bicyclic) bond motifs is 2. The minimum absolute atomic E-state index is 0.353. The van der Waals surface area contributed by atoms with Crippen LogP contribution < -0.4 is 14.8 Å². The summed E-state index contributed by atoms with van der Waals surface area (Å²) in [5, 5.41) is 8.99. The number of hydrogen-bond acceptors (Lipinski definition) is 5. The molecule has 0 spiro atoms. The Morgan fingerprint density at radius 2 is 1.82 bits per heavy atom. The molecule has 1 N–H and O–H groups in total. The highest BCUT2D eigenvalue weighted by Gasteiger charge is 2.32. The van der Waals surface area contributed by atoms with Crippen LogP contribution in [0, 0.1) is 0 Å². The van der Waals surface area contributed by atoms with Crippen molar-refractivity contribution in [3.05, 3.63) is 65.4 Å². The number of likely N-dealkylation sites (tertiary alicyclic amines) is 1. The fourth-order valence-electron chi connectivity index (χ4n) is 5.46. The Bertz CT molecular complexity index is 1110. The summed E-state index contributed by atoms with van der Waals surface area (Å²) in [6.45, 7) is 4.28. The monoisotopic (exact) mass is 444 g/mol. The van der Waals surface area contributed by atoms with Crippen LogP contribution in [0.1, 0.15) is 55.0 Å². The maximum absolute atomic E-state index is 5.87. The molecule has 0 saturated carbocycles. The number of hydrogen-bond donors (Lipinski definition) is 1. The fraction of sp³-hybridized carbons (Fsp3) is 0.444. The lowest BCUT2D eigenvalue weighted by atomic mass is 9.94. The number of benzene rings is 2. The standard InChI is InChI=1S/C27H32N4O2/c1-2-8-20(9-3-1)19-30-15-7-5-11-23(30)26-22-10-4-6-14-28-27(22)31(29-26)21-12-13-24-25(18-21)33-17-16-32-24/h1-3,8-9,12-13,18,23,28H,4-7,10-11,14-17,19H2. The zero-order chi connectivity index (χ0) is 22.0. The average Bonchev–Trinajstić information content (AvgIpc) is 3.05. The smallest absolute Gasteiger partial charge is 0.163 e. The molecule has 3 aromatic rings. The predicted octanol–water partition coefficient (Wildman–Crippen LogP) is 5.12. The summed E-state index contributed by atoms with van der Waals surface area (Å²) < 4.78 is 13.7. The van der Waals surface area contributed by atoms with Gasteiger partial charge in [0.2, 0.25) is 0 Å². The lowest BCUT2D eigenvalue weighted by molar-refractivity contribution is 0.136. The van der Waals surface area contributed by atoms with Crippen LogP contribution in [0.3, 0.4) is 0 Å². The van der Waals surface area contributed by atoms with Crippen molar-refractivity contribution in [3.8, 4) is 17.2 Å². The van der Waals surface area contributed by atoms with Crippen LogP contribution in [0.4, 0.5) is 5.82 Å². The number of nitrogens with zero attached hydrogens (tertiary/aromatic N) is 3. The van der Waals surface area contributed by atoms with Crippen LogP contribution >= 0.6 is 0 Å². The first-order valence-electron chi connectivity index (χ1n) is 12.4. The lowest BCUT2D eigenvalue weighted by Gasteiger charge is -2.35. The van der Waals surface area contributed by atoms with Gasteiger partial charge >= 0.3 is 0 Å². The number of aromatic nitrogens is 2. The minimum atomic E-state index is 0.353. The Hall–Kier alpha value is -2.99. The van der Waals surface area contributed by atoms with Gasteiger partial charge in [-0.05, 0) is 56.3 Å². The summed E-state index contributed by atoms with van der Waals surface area (Å²) in [6.07, 6.45) is 7.15. The van der Waals surface area contributed by atoms with E-state index >= 15 is 0 Å². The first kappa shape index (κ1) is 20.6. The van der Waals surface area contributed by atoms with E-state index < -0.39 is 0 Å². The van der Waals surface area contributed by atoms with Crippen molar-refractivity contribution in [2.24, 2.45) is 0 Å². The Balaban J connectivity index is 1.39. The Morgan fingerprint density at radius 1 is 0.939 bits per heavy atom. The van der Waals surface area contributed by atoms with Crippen molar-refractivity contribution >= 4 is 5.82 Å². The molecule has 4 heterocycles. The molecule has 3 aliphatic heterocycles. The molecule has 6 nitrogen and oxygen atoms in total. The largest absolute Gasteiger partial charge is 0.486 e. The third kappa shape index (κ3) is 4.08. The molecule has 6 heteroatoms. The van der Waals surface area contributed by atoms with Gasteiger partial charge in [-0.2, -0.15) is 5.10 Å². The third-order valence-electron chi connectivity index (χ3n) is 7.09. The topological polar surface area (TPSA) is 51.6 Å². The second-order valence-corrected chi connectivity index (χ2v) is 9.30. The molecular weight excluding hydrogens is 412 g/mol. The van der Waals surface area contributed by atoms with Gasteiger partial charge in [0.1, 0.15) is 19.0 Å². The second kappa shape index (κ2) is 9.10. The summed E-state index contributed by atoms with van der Waals surface area (Å²) in [5.41, 5.74) is 5.05. The normalized spacial score (nSPS) is 20.5. The molecule has 1 unspecified atom stereocenters. The Kier molecular flexibility index (Phi) is 5.68. The first-order chi connectivity index (χ1) is 16.4. The highest BCUT2D eigenvalue weighted by Crippen LogP contribution is 2.39. The Morgan fingerprint density at radius 3 is 2.73 bits per heavy atom. The molecule has 1 atom stereocenters. The van der Waals surface area contributed by atoms with Crippen molar-refractivity contribution in [1.29, 1.82) is 0 Å². The number of rotatable bonds is 4. The zero-order valence-electron chi connectivity index (χ0n) is 19.1. The summed E-state index contributed by atoms with van der Waals surface area (Å²) in [5.74, 6) is 2.78.